The lowest BCUT2D eigenvalue weighted by atomic mass is 10.3. The highest BCUT2D eigenvalue weighted by Crippen LogP contribution is 2.21. The summed E-state index contributed by atoms with van der Waals surface area (Å²) in [5.41, 5.74) is 1.91. The Bertz CT molecular complexity index is 666. The Morgan fingerprint density at radius 1 is 1.08 bits per heavy atom. The van der Waals surface area contributed by atoms with Crippen molar-refractivity contribution < 1.29 is 4.74 Å². The van der Waals surface area contributed by atoms with Crippen molar-refractivity contribution in [1.82, 2.24) is 14.9 Å². The zero-order chi connectivity index (χ0) is 16.9. The maximum atomic E-state index is 5.19. The molecule has 1 fully saturated rings. The summed E-state index contributed by atoms with van der Waals surface area (Å²) >= 11 is 0. The van der Waals surface area contributed by atoms with Crippen LogP contribution >= 0.6 is 0 Å². The number of piperazine rings is 1. The van der Waals surface area contributed by atoms with Crippen molar-refractivity contribution in [2.24, 2.45) is 0 Å². The molecule has 1 N–H and O–H groups in total. The number of rotatable bonds is 5. The predicted octanol–water partition coefficient (Wildman–Crippen LogP) is 2.68. The zero-order valence-electron chi connectivity index (χ0n) is 14.6. The molecule has 0 spiro atoms. The quantitative estimate of drug-likeness (QED) is 0.911. The molecule has 24 heavy (non-hydrogen) atoms. The number of aromatic nitrogens is 2. The van der Waals surface area contributed by atoms with Gasteiger partial charge in [0.1, 0.15) is 11.6 Å². The van der Waals surface area contributed by atoms with Gasteiger partial charge in [-0.05, 0) is 37.7 Å². The number of likely N-dealkylation sites (N-methyl/N-ethyl adjacent to an activating group) is 1. The largest absolute Gasteiger partial charge is 0.497 e. The molecule has 1 saturated heterocycles. The third-order valence-electron chi connectivity index (χ3n) is 4.33. The molecule has 0 unspecified atom stereocenters. The van der Waals surface area contributed by atoms with Crippen LogP contribution in [0, 0.1) is 6.92 Å². The van der Waals surface area contributed by atoms with E-state index in [2.05, 4.69) is 33.1 Å². The average Bonchev–Trinajstić information content (AvgIpc) is 2.62. The van der Waals surface area contributed by atoms with Gasteiger partial charge in [-0.1, -0.05) is 6.92 Å². The summed E-state index contributed by atoms with van der Waals surface area (Å²) < 4.78 is 5.19. The number of nitrogens with one attached hydrogen (secondary N) is 1. The normalized spacial score (nSPS) is 15.4. The van der Waals surface area contributed by atoms with E-state index in [-0.39, 0.29) is 0 Å². The van der Waals surface area contributed by atoms with Crippen LogP contribution in [0.1, 0.15) is 12.6 Å². The van der Waals surface area contributed by atoms with Crippen LogP contribution in [-0.2, 0) is 0 Å². The summed E-state index contributed by atoms with van der Waals surface area (Å²) in [6, 6.07) is 9.82. The van der Waals surface area contributed by atoms with E-state index in [0.717, 1.165) is 55.7 Å². The maximum Gasteiger partial charge on any atom is 0.229 e. The van der Waals surface area contributed by atoms with Gasteiger partial charge in [-0.2, -0.15) is 4.98 Å². The van der Waals surface area contributed by atoms with Crippen molar-refractivity contribution in [3.63, 3.8) is 0 Å². The third kappa shape index (κ3) is 3.94. The summed E-state index contributed by atoms with van der Waals surface area (Å²) in [7, 11) is 1.66. The van der Waals surface area contributed by atoms with Crippen molar-refractivity contribution in [2.75, 3.05) is 50.1 Å². The fraction of sp³-hybridized carbons (Fsp3) is 0.444. The topological polar surface area (TPSA) is 53.5 Å². The highest BCUT2D eigenvalue weighted by Gasteiger charge is 2.17. The standard InChI is InChI=1S/C18H25N5O/c1-4-22-9-11-23(12-10-22)17-13-14(2)19-18(21-17)20-15-5-7-16(24-3)8-6-15/h5-8,13H,4,9-12H2,1-3H3,(H,19,20,21). The first kappa shape index (κ1) is 16.5. The second-order valence-corrected chi connectivity index (χ2v) is 5.97. The molecule has 0 saturated carbocycles. The minimum atomic E-state index is 0.632. The van der Waals surface area contributed by atoms with Crippen molar-refractivity contribution in [2.45, 2.75) is 13.8 Å². The van der Waals surface area contributed by atoms with Crippen LogP contribution in [0.4, 0.5) is 17.5 Å². The third-order valence-corrected chi connectivity index (χ3v) is 4.33. The zero-order valence-corrected chi connectivity index (χ0v) is 14.6. The summed E-state index contributed by atoms with van der Waals surface area (Å²) in [6.07, 6.45) is 0. The monoisotopic (exact) mass is 327 g/mol. The Labute approximate surface area is 143 Å². The first-order valence-electron chi connectivity index (χ1n) is 8.42. The summed E-state index contributed by atoms with van der Waals surface area (Å²) in [4.78, 5) is 14.0. The van der Waals surface area contributed by atoms with E-state index in [4.69, 9.17) is 9.72 Å². The molecule has 0 radical (unpaired) electrons. The Hall–Kier alpha value is -2.34. The number of hydrogen-bond acceptors (Lipinski definition) is 6. The first-order valence-corrected chi connectivity index (χ1v) is 8.42. The average molecular weight is 327 g/mol. The molecule has 6 nitrogen and oxygen atoms in total. The van der Waals surface area contributed by atoms with E-state index < -0.39 is 0 Å². The number of nitrogens with zero attached hydrogens (tertiary/aromatic N) is 4. The first-order chi connectivity index (χ1) is 11.7. The van der Waals surface area contributed by atoms with Gasteiger partial charge < -0.3 is 19.9 Å². The van der Waals surface area contributed by atoms with Gasteiger partial charge in [0.2, 0.25) is 5.95 Å². The van der Waals surface area contributed by atoms with Crippen LogP contribution in [-0.4, -0.2) is 54.7 Å². The predicted molar refractivity (Wildman–Crippen MR) is 97.4 cm³/mol. The van der Waals surface area contributed by atoms with E-state index in [1.165, 1.54) is 0 Å². The van der Waals surface area contributed by atoms with Gasteiger partial charge in [-0.25, -0.2) is 4.98 Å². The van der Waals surface area contributed by atoms with Crippen molar-refractivity contribution in [1.29, 1.82) is 0 Å². The van der Waals surface area contributed by atoms with Crippen molar-refractivity contribution in [3.8, 4) is 5.75 Å². The second-order valence-electron chi connectivity index (χ2n) is 5.97. The SMILES string of the molecule is CCN1CCN(c2cc(C)nc(Nc3ccc(OC)cc3)n2)CC1. The second kappa shape index (κ2) is 7.49. The fourth-order valence-electron chi connectivity index (χ4n) is 2.87. The summed E-state index contributed by atoms with van der Waals surface area (Å²) in [6.45, 7) is 9.51. The lowest BCUT2D eigenvalue weighted by molar-refractivity contribution is 0.270. The van der Waals surface area contributed by atoms with Crippen LogP contribution in [0.15, 0.2) is 30.3 Å². The molecule has 128 valence electrons. The Morgan fingerprint density at radius 2 is 1.79 bits per heavy atom. The molecule has 2 aromatic rings. The van der Waals surface area contributed by atoms with Crippen LogP contribution in [0.3, 0.4) is 0 Å². The molecule has 0 amide bonds. The van der Waals surface area contributed by atoms with Gasteiger partial charge in [0.15, 0.2) is 0 Å². The molecule has 0 atom stereocenters. The van der Waals surface area contributed by atoms with Gasteiger partial charge in [0.25, 0.3) is 0 Å². The number of benzene rings is 1. The molecule has 1 aliphatic heterocycles. The Balaban J connectivity index is 1.73. The molecule has 2 heterocycles. The highest BCUT2D eigenvalue weighted by molar-refractivity contribution is 5.56. The van der Waals surface area contributed by atoms with E-state index in [0.29, 0.717) is 5.95 Å². The molecule has 1 aromatic carbocycles. The molecule has 0 bridgehead atoms. The minimum Gasteiger partial charge on any atom is -0.497 e. The maximum absolute atomic E-state index is 5.19. The van der Waals surface area contributed by atoms with E-state index in [1.54, 1.807) is 7.11 Å². The summed E-state index contributed by atoms with van der Waals surface area (Å²) in [5, 5.41) is 3.28. The van der Waals surface area contributed by atoms with Crippen LogP contribution < -0.4 is 15.0 Å². The molecule has 3 rings (SSSR count). The number of methoxy groups -OCH3 is 1. The van der Waals surface area contributed by atoms with Gasteiger partial charge in [0, 0.05) is 43.6 Å². The van der Waals surface area contributed by atoms with Crippen molar-refractivity contribution >= 4 is 17.5 Å². The van der Waals surface area contributed by atoms with E-state index in [1.807, 2.05) is 31.2 Å². The lowest BCUT2D eigenvalue weighted by Crippen LogP contribution is -2.46. The molecule has 1 aromatic heterocycles. The highest BCUT2D eigenvalue weighted by atomic mass is 16.5. The van der Waals surface area contributed by atoms with Gasteiger partial charge >= 0.3 is 0 Å². The minimum absolute atomic E-state index is 0.632. The smallest absolute Gasteiger partial charge is 0.229 e. The van der Waals surface area contributed by atoms with Crippen LogP contribution in [0.5, 0.6) is 5.75 Å². The van der Waals surface area contributed by atoms with Crippen LogP contribution in [0.25, 0.3) is 0 Å². The fourth-order valence-corrected chi connectivity index (χ4v) is 2.87. The number of hydrogen-bond donors (Lipinski definition) is 1. The number of ether oxygens (including phenoxy) is 1. The number of anilines is 3. The van der Waals surface area contributed by atoms with E-state index in [9.17, 15) is 0 Å². The van der Waals surface area contributed by atoms with Gasteiger partial charge in [-0.15, -0.1) is 0 Å². The molecule has 0 aliphatic carbocycles. The molecular weight excluding hydrogens is 302 g/mol. The van der Waals surface area contributed by atoms with Crippen molar-refractivity contribution in [3.05, 3.63) is 36.0 Å². The van der Waals surface area contributed by atoms with E-state index >= 15 is 0 Å². The lowest BCUT2D eigenvalue weighted by Gasteiger charge is -2.34. The van der Waals surface area contributed by atoms with Crippen LogP contribution in [0.2, 0.25) is 0 Å². The van der Waals surface area contributed by atoms with Gasteiger partial charge in [0.05, 0.1) is 7.11 Å². The Morgan fingerprint density at radius 3 is 2.42 bits per heavy atom. The Kier molecular flexibility index (Phi) is 5.15. The summed E-state index contributed by atoms with van der Waals surface area (Å²) in [5.74, 6) is 2.46. The molecular formula is C18H25N5O. The number of aryl methyl sites for hydroxylation is 1. The van der Waals surface area contributed by atoms with Gasteiger partial charge in [-0.3, -0.25) is 0 Å². The molecule has 6 heteroatoms. The molecule has 1 aliphatic rings.